The van der Waals surface area contributed by atoms with Crippen molar-refractivity contribution in [1.82, 2.24) is 4.90 Å². The molecule has 2 aromatic rings. The molecule has 0 aromatic heterocycles. The first kappa shape index (κ1) is 12.5. The zero-order chi connectivity index (χ0) is 13.4. The molecule has 0 N–H and O–H groups in total. The van der Waals surface area contributed by atoms with Crippen LogP contribution in [0.4, 0.5) is 0 Å². The van der Waals surface area contributed by atoms with Crippen LogP contribution in [-0.4, -0.2) is 10.8 Å². The largest absolute Gasteiger partial charge is 0.314 e. The molecule has 0 aliphatic carbocycles. The molecule has 4 heteroatoms. The topological polar surface area (TPSA) is 20.3 Å². The number of halogens is 2. The van der Waals surface area contributed by atoms with Crippen LogP contribution in [0.5, 0.6) is 0 Å². The molecule has 0 radical (unpaired) electrons. The van der Waals surface area contributed by atoms with E-state index in [2.05, 4.69) is 0 Å². The van der Waals surface area contributed by atoms with Gasteiger partial charge in [-0.3, -0.25) is 4.79 Å². The Morgan fingerprint density at radius 1 is 1.05 bits per heavy atom. The highest BCUT2D eigenvalue weighted by atomic mass is 35.5. The average molecular weight is 292 g/mol. The van der Waals surface area contributed by atoms with Crippen molar-refractivity contribution >= 4 is 29.1 Å². The van der Waals surface area contributed by atoms with Crippen LogP contribution in [-0.2, 0) is 6.54 Å². The molecule has 0 spiro atoms. The van der Waals surface area contributed by atoms with E-state index in [-0.39, 0.29) is 5.91 Å². The standard InChI is InChI=1S/C15H11Cl2NO/c16-11-7-5-10(6-8-11)9-18-14(17)12-3-1-2-4-13(12)15(18)19/h1-8,14H,9H2. The van der Waals surface area contributed by atoms with Crippen LogP contribution in [0.2, 0.25) is 5.02 Å². The second kappa shape index (κ2) is 4.87. The first-order chi connectivity index (χ1) is 9.16. The van der Waals surface area contributed by atoms with E-state index in [0.717, 1.165) is 11.1 Å². The van der Waals surface area contributed by atoms with E-state index in [1.54, 1.807) is 4.90 Å². The quantitative estimate of drug-likeness (QED) is 0.599. The molecule has 1 aliphatic heterocycles. The molecule has 1 unspecified atom stereocenters. The highest BCUT2D eigenvalue weighted by Crippen LogP contribution is 2.37. The van der Waals surface area contributed by atoms with Gasteiger partial charge in [0.05, 0.1) is 0 Å². The number of carbonyl (C=O) groups excluding carboxylic acids is 1. The third kappa shape index (κ3) is 2.22. The van der Waals surface area contributed by atoms with Crippen LogP contribution in [0, 0.1) is 0 Å². The molecule has 1 aliphatic rings. The molecule has 1 amide bonds. The van der Waals surface area contributed by atoms with Gasteiger partial charge in [-0.1, -0.05) is 53.5 Å². The summed E-state index contributed by atoms with van der Waals surface area (Å²) in [6.07, 6.45) is 0. The zero-order valence-electron chi connectivity index (χ0n) is 10.0. The smallest absolute Gasteiger partial charge is 0.256 e. The lowest BCUT2D eigenvalue weighted by atomic mass is 10.1. The van der Waals surface area contributed by atoms with Gasteiger partial charge in [-0.2, -0.15) is 0 Å². The summed E-state index contributed by atoms with van der Waals surface area (Å²) in [5, 5.41) is 0.683. The highest BCUT2D eigenvalue weighted by Gasteiger charge is 2.34. The Morgan fingerprint density at radius 2 is 1.74 bits per heavy atom. The normalized spacial score (nSPS) is 17.7. The average Bonchev–Trinajstić information content (AvgIpc) is 2.67. The Hall–Kier alpha value is -1.51. The summed E-state index contributed by atoms with van der Waals surface area (Å²) in [7, 11) is 0. The van der Waals surface area contributed by atoms with E-state index in [9.17, 15) is 4.79 Å². The highest BCUT2D eigenvalue weighted by molar-refractivity contribution is 6.30. The Balaban J connectivity index is 1.88. The number of hydrogen-bond donors (Lipinski definition) is 0. The lowest BCUT2D eigenvalue weighted by molar-refractivity contribution is 0.0758. The van der Waals surface area contributed by atoms with Gasteiger partial charge in [0.2, 0.25) is 0 Å². The van der Waals surface area contributed by atoms with Gasteiger partial charge in [0.15, 0.2) is 0 Å². The van der Waals surface area contributed by atoms with E-state index in [1.807, 2.05) is 48.5 Å². The third-order valence-corrected chi connectivity index (χ3v) is 3.97. The van der Waals surface area contributed by atoms with Gasteiger partial charge < -0.3 is 4.90 Å². The first-order valence-electron chi connectivity index (χ1n) is 5.95. The molecule has 0 fully saturated rings. The van der Waals surface area contributed by atoms with Crippen molar-refractivity contribution in [1.29, 1.82) is 0 Å². The van der Waals surface area contributed by atoms with E-state index < -0.39 is 5.50 Å². The molecular formula is C15H11Cl2NO. The van der Waals surface area contributed by atoms with E-state index >= 15 is 0 Å². The van der Waals surface area contributed by atoms with Crippen molar-refractivity contribution in [3.05, 3.63) is 70.2 Å². The summed E-state index contributed by atoms with van der Waals surface area (Å²) >= 11 is 12.2. The summed E-state index contributed by atoms with van der Waals surface area (Å²) < 4.78 is 0. The Kier molecular flexibility index (Phi) is 3.21. The van der Waals surface area contributed by atoms with Gasteiger partial charge in [0, 0.05) is 22.7 Å². The number of amides is 1. The number of alkyl halides is 1. The maximum atomic E-state index is 12.3. The minimum Gasteiger partial charge on any atom is -0.314 e. The van der Waals surface area contributed by atoms with Crippen molar-refractivity contribution < 1.29 is 4.79 Å². The van der Waals surface area contributed by atoms with Crippen molar-refractivity contribution in [3.63, 3.8) is 0 Å². The van der Waals surface area contributed by atoms with E-state index in [4.69, 9.17) is 23.2 Å². The van der Waals surface area contributed by atoms with E-state index in [0.29, 0.717) is 17.1 Å². The van der Waals surface area contributed by atoms with Crippen molar-refractivity contribution in [2.45, 2.75) is 12.0 Å². The Morgan fingerprint density at radius 3 is 2.42 bits per heavy atom. The van der Waals surface area contributed by atoms with Crippen molar-refractivity contribution in [2.75, 3.05) is 0 Å². The maximum Gasteiger partial charge on any atom is 0.256 e. The van der Waals surface area contributed by atoms with Crippen LogP contribution in [0.3, 0.4) is 0 Å². The minimum absolute atomic E-state index is 0.0226. The molecule has 19 heavy (non-hydrogen) atoms. The van der Waals surface area contributed by atoms with Gasteiger partial charge in [-0.25, -0.2) is 0 Å². The molecule has 0 saturated heterocycles. The number of carbonyl (C=O) groups is 1. The van der Waals surface area contributed by atoms with E-state index in [1.165, 1.54) is 0 Å². The molecule has 1 atom stereocenters. The number of rotatable bonds is 2. The molecule has 0 bridgehead atoms. The Bertz CT molecular complexity index is 624. The first-order valence-corrected chi connectivity index (χ1v) is 6.76. The fraction of sp³-hybridized carbons (Fsp3) is 0.133. The number of hydrogen-bond acceptors (Lipinski definition) is 1. The minimum atomic E-state index is -0.403. The predicted octanol–water partition coefficient (Wildman–Crippen LogP) is 4.23. The summed E-state index contributed by atoms with van der Waals surface area (Å²) in [6, 6.07) is 14.9. The molecule has 96 valence electrons. The molecule has 2 aromatic carbocycles. The van der Waals surface area contributed by atoms with Crippen LogP contribution in [0.1, 0.15) is 27.0 Å². The molecule has 0 saturated carbocycles. The maximum absolute atomic E-state index is 12.3. The third-order valence-electron chi connectivity index (χ3n) is 3.25. The van der Waals surface area contributed by atoms with Crippen LogP contribution < -0.4 is 0 Å². The van der Waals surface area contributed by atoms with Crippen molar-refractivity contribution in [3.8, 4) is 0 Å². The van der Waals surface area contributed by atoms with Gasteiger partial charge in [0.25, 0.3) is 5.91 Å². The molecule has 1 heterocycles. The molecule has 3 rings (SSSR count). The number of nitrogens with zero attached hydrogens (tertiary/aromatic N) is 1. The SMILES string of the molecule is O=C1c2ccccc2C(Cl)N1Cc1ccc(Cl)cc1. The lowest BCUT2D eigenvalue weighted by Gasteiger charge is -2.20. The summed E-state index contributed by atoms with van der Waals surface area (Å²) in [5.41, 5.74) is 2.18. The van der Waals surface area contributed by atoms with Gasteiger partial charge >= 0.3 is 0 Å². The fourth-order valence-electron chi connectivity index (χ4n) is 2.26. The lowest BCUT2D eigenvalue weighted by Crippen LogP contribution is -2.25. The van der Waals surface area contributed by atoms with Gasteiger partial charge in [0.1, 0.15) is 5.50 Å². The summed E-state index contributed by atoms with van der Waals surface area (Å²) in [4.78, 5) is 14.0. The van der Waals surface area contributed by atoms with Gasteiger partial charge in [-0.05, 0) is 23.8 Å². The van der Waals surface area contributed by atoms with Crippen molar-refractivity contribution in [2.24, 2.45) is 0 Å². The second-order valence-corrected chi connectivity index (χ2v) is 5.33. The summed E-state index contributed by atoms with van der Waals surface area (Å²) in [5.74, 6) is -0.0226. The van der Waals surface area contributed by atoms with Crippen LogP contribution in [0.15, 0.2) is 48.5 Å². The number of benzene rings is 2. The van der Waals surface area contributed by atoms with Crippen LogP contribution >= 0.6 is 23.2 Å². The zero-order valence-corrected chi connectivity index (χ0v) is 11.5. The molecule has 2 nitrogen and oxygen atoms in total. The Labute approximate surface area is 121 Å². The van der Waals surface area contributed by atoms with Gasteiger partial charge in [-0.15, -0.1) is 0 Å². The molecular weight excluding hydrogens is 281 g/mol. The number of fused-ring (bicyclic) bond motifs is 1. The monoisotopic (exact) mass is 291 g/mol. The summed E-state index contributed by atoms with van der Waals surface area (Å²) in [6.45, 7) is 0.485. The second-order valence-electron chi connectivity index (χ2n) is 4.48. The fourth-order valence-corrected chi connectivity index (χ4v) is 2.74. The van der Waals surface area contributed by atoms with Crippen LogP contribution in [0.25, 0.3) is 0 Å². The predicted molar refractivity (Wildman–Crippen MR) is 76.4 cm³/mol.